The molecule has 33 heavy (non-hydrogen) atoms. The molecule has 2 heterocycles. The summed E-state index contributed by atoms with van der Waals surface area (Å²) in [6.07, 6.45) is 0. The molecular weight excluding hydrogens is 460 g/mol. The van der Waals surface area contributed by atoms with E-state index in [4.69, 9.17) is 19.2 Å². The Kier molecular flexibility index (Phi) is 6.37. The quantitative estimate of drug-likeness (QED) is 0.588. The van der Waals surface area contributed by atoms with Gasteiger partial charge in [-0.1, -0.05) is 42.1 Å². The number of carbonyl (C=O) groups excluding carboxylic acids is 2. The molecule has 0 aliphatic carbocycles. The highest BCUT2D eigenvalue weighted by Crippen LogP contribution is 2.63. The first kappa shape index (κ1) is 23.5. The smallest absolute Gasteiger partial charge is 0.339 e. The largest absolute Gasteiger partial charge is 0.497 e. The number of ether oxygens (including phenoxy) is 3. The van der Waals surface area contributed by atoms with Gasteiger partial charge in [0.25, 0.3) is 0 Å². The van der Waals surface area contributed by atoms with Crippen LogP contribution in [-0.4, -0.2) is 59.3 Å². The van der Waals surface area contributed by atoms with Gasteiger partial charge in [0.1, 0.15) is 9.83 Å². The third kappa shape index (κ3) is 3.87. The Labute approximate surface area is 201 Å². The number of methoxy groups -OCH3 is 3. The number of rotatable bonds is 5. The molecule has 1 spiro atoms. The van der Waals surface area contributed by atoms with Gasteiger partial charge >= 0.3 is 11.9 Å². The normalized spacial score (nSPS) is 25.6. The minimum absolute atomic E-state index is 0.435. The summed E-state index contributed by atoms with van der Waals surface area (Å²) in [5.74, 6) is -0.198. The van der Waals surface area contributed by atoms with Crippen molar-refractivity contribution in [2.45, 2.75) is 34.9 Å². The lowest BCUT2D eigenvalue weighted by molar-refractivity contribution is -0.143. The van der Waals surface area contributed by atoms with E-state index in [9.17, 15) is 9.59 Å². The van der Waals surface area contributed by atoms with Gasteiger partial charge in [0, 0.05) is 11.3 Å². The zero-order valence-corrected chi connectivity index (χ0v) is 20.7. The maximum absolute atomic E-state index is 13.4. The molecule has 0 unspecified atom stereocenters. The highest BCUT2D eigenvalue weighted by molar-refractivity contribution is 8.27. The van der Waals surface area contributed by atoms with E-state index in [2.05, 4.69) is 0 Å². The lowest BCUT2D eigenvalue weighted by Gasteiger charge is -2.39. The molecule has 7 nitrogen and oxygen atoms in total. The highest BCUT2D eigenvalue weighted by Gasteiger charge is 2.68. The fourth-order valence-electron chi connectivity index (χ4n) is 4.17. The van der Waals surface area contributed by atoms with E-state index < -0.39 is 33.0 Å². The number of aliphatic imine (C=N–C) groups is 1. The molecule has 1 saturated heterocycles. The molecule has 0 amide bonds. The van der Waals surface area contributed by atoms with Crippen molar-refractivity contribution < 1.29 is 23.8 Å². The molecule has 0 radical (unpaired) electrons. The van der Waals surface area contributed by atoms with Crippen molar-refractivity contribution in [2.24, 2.45) is 4.99 Å². The van der Waals surface area contributed by atoms with Crippen molar-refractivity contribution in [3.05, 3.63) is 60.2 Å². The highest BCUT2D eigenvalue weighted by atomic mass is 32.2. The number of hydrogen-bond acceptors (Lipinski definition) is 9. The van der Waals surface area contributed by atoms with Crippen LogP contribution in [0.25, 0.3) is 0 Å². The number of benzene rings is 2. The van der Waals surface area contributed by atoms with Crippen LogP contribution in [0, 0.1) is 0 Å². The number of anilines is 1. The van der Waals surface area contributed by atoms with Crippen molar-refractivity contribution in [1.82, 2.24) is 0 Å². The van der Waals surface area contributed by atoms with E-state index in [1.165, 1.54) is 37.7 Å². The molecule has 1 fully saturated rings. The molecule has 2 aromatic carbocycles. The Hall–Kier alpha value is -2.65. The van der Waals surface area contributed by atoms with Gasteiger partial charge in [-0.2, -0.15) is 0 Å². The summed E-state index contributed by atoms with van der Waals surface area (Å²) in [6, 6.07) is 16.3. The number of thioether (sulfide) groups is 2. The van der Waals surface area contributed by atoms with E-state index in [0.29, 0.717) is 11.4 Å². The van der Waals surface area contributed by atoms with Gasteiger partial charge < -0.3 is 19.1 Å². The molecule has 0 saturated carbocycles. The lowest BCUT2D eigenvalue weighted by Crippen LogP contribution is -2.56. The number of nitrogens with zero attached hydrogens (tertiary/aromatic N) is 2. The van der Waals surface area contributed by atoms with E-state index in [-0.39, 0.29) is 0 Å². The predicted octanol–water partition coefficient (Wildman–Crippen LogP) is 3.96. The Morgan fingerprint density at radius 1 is 0.939 bits per heavy atom. The van der Waals surface area contributed by atoms with Crippen LogP contribution in [-0.2, 0) is 19.1 Å². The molecule has 0 bridgehead atoms. The lowest BCUT2D eigenvalue weighted by atomic mass is 9.93. The first-order chi connectivity index (χ1) is 15.8. The number of carbonyl (C=O) groups is 2. The zero-order valence-electron chi connectivity index (χ0n) is 19.1. The second-order valence-corrected chi connectivity index (χ2v) is 11.0. The summed E-state index contributed by atoms with van der Waals surface area (Å²) in [5, 5.41) is 0.0618. The standard InChI is InChI=1S/C24H26N2O5S2/c1-23(2)24(32-19(25-23)15-9-7-6-8-10-15)18(21(27)30-4)26(20(33-24)22(28)31-5)16-11-13-17(29-3)14-12-16/h6-14,18,20H,1-5H3/t18-,20-,24+/m1/s1. The van der Waals surface area contributed by atoms with E-state index in [1.54, 1.807) is 24.1 Å². The first-order valence-electron chi connectivity index (χ1n) is 10.4. The third-order valence-corrected chi connectivity index (χ3v) is 9.68. The van der Waals surface area contributed by atoms with Gasteiger partial charge in [-0.05, 0) is 38.1 Å². The van der Waals surface area contributed by atoms with Crippen LogP contribution >= 0.6 is 23.5 Å². The number of esters is 2. The second kappa shape index (κ2) is 8.95. The predicted molar refractivity (Wildman–Crippen MR) is 132 cm³/mol. The van der Waals surface area contributed by atoms with E-state index in [1.807, 2.05) is 56.3 Å². The first-order valence-corrected chi connectivity index (χ1v) is 12.1. The monoisotopic (exact) mass is 486 g/mol. The van der Waals surface area contributed by atoms with Crippen molar-refractivity contribution in [2.75, 3.05) is 26.2 Å². The fourth-order valence-corrected chi connectivity index (χ4v) is 7.86. The summed E-state index contributed by atoms with van der Waals surface area (Å²) in [6.45, 7) is 3.98. The molecule has 2 aliphatic rings. The van der Waals surface area contributed by atoms with Crippen molar-refractivity contribution in [3.8, 4) is 5.75 Å². The molecule has 9 heteroatoms. The molecule has 2 aromatic rings. The van der Waals surface area contributed by atoms with E-state index in [0.717, 1.165) is 10.6 Å². The molecule has 0 N–H and O–H groups in total. The summed E-state index contributed by atoms with van der Waals surface area (Å²) < 4.78 is 14.9. The minimum Gasteiger partial charge on any atom is -0.497 e. The zero-order chi connectivity index (χ0) is 23.8. The molecule has 4 rings (SSSR count). The maximum Gasteiger partial charge on any atom is 0.339 e. The minimum atomic E-state index is -0.829. The second-order valence-electron chi connectivity index (χ2n) is 8.14. The van der Waals surface area contributed by atoms with Gasteiger partial charge in [0.05, 0.1) is 31.9 Å². The van der Waals surface area contributed by atoms with E-state index >= 15 is 0 Å². The van der Waals surface area contributed by atoms with Crippen LogP contribution < -0.4 is 9.64 Å². The van der Waals surface area contributed by atoms with Crippen LogP contribution in [0.4, 0.5) is 5.69 Å². The molecule has 3 atom stereocenters. The van der Waals surface area contributed by atoms with Crippen LogP contribution in [0.3, 0.4) is 0 Å². The van der Waals surface area contributed by atoms with Gasteiger partial charge in [0.15, 0.2) is 11.4 Å². The molecular formula is C24H26N2O5S2. The van der Waals surface area contributed by atoms with Crippen LogP contribution in [0.5, 0.6) is 5.75 Å². The number of hydrogen-bond donors (Lipinski definition) is 0. The fraction of sp³-hybridized carbons (Fsp3) is 0.375. The van der Waals surface area contributed by atoms with Crippen molar-refractivity contribution in [1.29, 1.82) is 0 Å². The topological polar surface area (TPSA) is 77.4 Å². The summed E-state index contributed by atoms with van der Waals surface area (Å²) >= 11 is 2.90. The SMILES string of the molecule is COC(=O)[C@H]1S[C@@]2(SC(c3ccccc3)=NC2(C)C)[C@@H](C(=O)OC)N1c1ccc(OC)cc1. The van der Waals surface area contributed by atoms with Gasteiger partial charge in [-0.25, -0.2) is 9.59 Å². The summed E-state index contributed by atoms with van der Waals surface area (Å²) in [5.41, 5.74) is 0.963. The Morgan fingerprint density at radius 3 is 2.15 bits per heavy atom. The molecule has 174 valence electrons. The third-order valence-electron chi connectivity index (χ3n) is 5.88. The van der Waals surface area contributed by atoms with Crippen LogP contribution in [0.1, 0.15) is 19.4 Å². The van der Waals surface area contributed by atoms with Crippen LogP contribution in [0.2, 0.25) is 0 Å². The van der Waals surface area contributed by atoms with Crippen molar-refractivity contribution >= 4 is 46.2 Å². The summed E-state index contributed by atoms with van der Waals surface area (Å²) in [4.78, 5) is 33.1. The average Bonchev–Trinajstić information content (AvgIpc) is 3.33. The molecule has 0 aromatic heterocycles. The van der Waals surface area contributed by atoms with Gasteiger partial charge in [-0.3, -0.25) is 4.99 Å². The Morgan fingerprint density at radius 2 is 1.58 bits per heavy atom. The Balaban J connectivity index is 1.85. The average molecular weight is 487 g/mol. The summed E-state index contributed by atoms with van der Waals surface area (Å²) in [7, 11) is 4.31. The van der Waals surface area contributed by atoms with Crippen LogP contribution in [0.15, 0.2) is 59.6 Å². The van der Waals surface area contributed by atoms with Crippen molar-refractivity contribution in [3.63, 3.8) is 0 Å². The molecule has 2 aliphatic heterocycles. The maximum atomic E-state index is 13.4. The van der Waals surface area contributed by atoms with Gasteiger partial charge in [-0.15, -0.1) is 11.8 Å². The van der Waals surface area contributed by atoms with Gasteiger partial charge in [0.2, 0.25) is 0 Å². The Bertz CT molecular complexity index is 1070.